The molecule has 0 aliphatic carbocycles. The average Bonchev–Trinajstić information content (AvgIpc) is 2.79. The smallest absolute Gasteiger partial charge is 0.407 e. The molecule has 0 saturated carbocycles. The second kappa shape index (κ2) is 13.0. The molecular formula is C23H29N3O5. The van der Waals surface area contributed by atoms with Gasteiger partial charge in [0.1, 0.15) is 6.61 Å². The van der Waals surface area contributed by atoms with Crippen LogP contribution in [0.4, 0.5) is 4.79 Å². The summed E-state index contributed by atoms with van der Waals surface area (Å²) in [6.45, 7) is 0.880. The largest absolute Gasteiger partial charge is 0.469 e. The summed E-state index contributed by atoms with van der Waals surface area (Å²) in [7, 11) is 1.34. The quantitative estimate of drug-likeness (QED) is 0.373. The van der Waals surface area contributed by atoms with Gasteiger partial charge in [-0.15, -0.1) is 0 Å². The van der Waals surface area contributed by atoms with Crippen LogP contribution in [0.25, 0.3) is 0 Å². The molecule has 0 fully saturated rings. The lowest BCUT2D eigenvalue weighted by Crippen LogP contribution is -2.40. The fraction of sp³-hybridized carbons (Fsp3) is 0.348. The Balaban J connectivity index is 1.62. The molecule has 0 heterocycles. The van der Waals surface area contributed by atoms with Crippen molar-refractivity contribution >= 4 is 18.0 Å². The van der Waals surface area contributed by atoms with Crippen molar-refractivity contribution in [3.63, 3.8) is 0 Å². The van der Waals surface area contributed by atoms with Crippen LogP contribution in [0.2, 0.25) is 0 Å². The van der Waals surface area contributed by atoms with Crippen LogP contribution in [0.3, 0.4) is 0 Å². The van der Waals surface area contributed by atoms with Gasteiger partial charge in [0.2, 0.25) is 5.91 Å². The van der Waals surface area contributed by atoms with Crippen molar-refractivity contribution in [1.29, 1.82) is 0 Å². The van der Waals surface area contributed by atoms with E-state index in [1.165, 1.54) is 7.11 Å². The molecule has 0 spiro atoms. The third-order valence-electron chi connectivity index (χ3n) is 4.55. The summed E-state index contributed by atoms with van der Waals surface area (Å²) in [5, 5.41) is 5.43. The van der Waals surface area contributed by atoms with E-state index in [0.717, 1.165) is 16.7 Å². The normalized spacial score (nSPS) is 11.3. The SMILES string of the molecule is COC(=O)Cc1cccc(CNC(=O)[C@@H](N)CCCNC(=O)OCc2ccccc2)c1. The van der Waals surface area contributed by atoms with Crippen LogP contribution < -0.4 is 16.4 Å². The van der Waals surface area contributed by atoms with Crippen LogP contribution in [0.1, 0.15) is 29.5 Å². The van der Waals surface area contributed by atoms with Gasteiger partial charge in [0.15, 0.2) is 0 Å². The van der Waals surface area contributed by atoms with Crippen molar-refractivity contribution in [2.75, 3.05) is 13.7 Å². The maximum absolute atomic E-state index is 12.2. The zero-order valence-corrected chi connectivity index (χ0v) is 17.6. The van der Waals surface area contributed by atoms with E-state index >= 15 is 0 Å². The molecule has 2 amide bonds. The van der Waals surface area contributed by atoms with E-state index in [4.69, 9.17) is 10.5 Å². The van der Waals surface area contributed by atoms with Crippen molar-refractivity contribution in [1.82, 2.24) is 10.6 Å². The molecule has 2 aromatic carbocycles. The Kier molecular flexibility index (Phi) is 10.0. The number of ether oxygens (including phenoxy) is 2. The molecule has 0 radical (unpaired) electrons. The van der Waals surface area contributed by atoms with Gasteiger partial charge >= 0.3 is 12.1 Å². The van der Waals surface area contributed by atoms with Gasteiger partial charge in [-0.05, 0) is 29.5 Å². The molecular weight excluding hydrogens is 398 g/mol. The van der Waals surface area contributed by atoms with Crippen molar-refractivity contribution in [2.24, 2.45) is 5.73 Å². The first kappa shape index (κ1) is 23.9. The minimum absolute atomic E-state index is 0.179. The monoisotopic (exact) mass is 427 g/mol. The summed E-state index contributed by atoms with van der Waals surface area (Å²) < 4.78 is 9.78. The lowest BCUT2D eigenvalue weighted by atomic mass is 10.1. The van der Waals surface area contributed by atoms with E-state index in [1.807, 2.05) is 54.6 Å². The Morgan fingerprint density at radius 1 is 0.968 bits per heavy atom. The second-order valence-electron chi connectivity index (χ2n) is 7.03. The van der Waals surface area contributed by atoms with Crippen molar-refractivity contribution in [3.05, 3.63) is 71.3 Å². The highest BCUT2D eigenvalue weighted by atomic mass is 16.5. The summed E-state index contributed by atoms with van der Waals surface area (Å²) in [5.74, 6) is -0.592. The van der Waals surface area contributed by atoms with Gasteiger partial charge in [-0.2, -0.15) is 0 Å². The Morgan fingerprint density at radius 2 is 1.68 bits per heavy atom. The van der Waals surface area contributed by atoms with Gasteiger partial charge in [0.25, 0.3) is 0 Å². The predicted molar refractivity (Wildman–Crippen MR) is 116 cm³/mol. The number of carbonyl (C=O) groups excluding carboxylic acids is 3. The molecule has 1 atom stereocenters. The van der Waals surface area contributed by atoms with Gasteiger partial charge in [-0.1, -0.05) is 54.6 Å². The van der Waals surface area contributed by atoms with Gasteiger partial charge < -0.3 is 25.8 Å². The fourth-order valence-electron chi connectivity index (χ4n) is 2.83. The third kappa shape index (κ3) is 9.31. The summed E-state index contributed by atoms with van der Waals surface area (Å²) in [6, 6.07) is 16.1. The number of alkyl carbamates (subject to hydrolysis) is 1. The standard InChI is InChI=1S/C23H29N3O5/c1-30-21(27)14-18-9-5-10-19(13-18)15-26-22(28)20(24)11-6-12-25-23(29)31-16-17-7-3-2-4-8-17/h2-5,7-10,13,20H,6,11-12,14-16,24H2,1H3,(H,25,29)(H,26,28)/t20-/m0/s1. The maximum Gasteiger partial charge on any atom is 0.407 e. The summed E-state index contributed by atoms with van der Waals surface area (Å²) >= 11 is 0. The van der Waals surface area contributed by atoms with E-state index in [0.29, 0.717) is 25.9 Å². The Bertz CT molecular complexity index is 857. The second-order valence-corrected chi connectivity index (χ2v) is 7.03. The van der Waals surface area contributed by atoms with Gasteiger partial charge in [-0.25, -0.2) is 4.79 Å². The Labute approximate surface area is 182 Å². The molecule has 166 valence electrons. The van der Waals surface area contributed by atoms with Crippen LogP contribution in [-0.4, -0.2) is 37.7 Å². The van der Waals surface area contributed by atoms with Crippen LogP contribution in [-0.2, 0) is 38.6 Å². The third-order valence-corrected chi connectivity index (χ3v) is 4.55. The fourth-order valence-corrected chi connectivity index (χ4v) is 2.83. The van der Waals surface area contributed by atoms with E-state index in [-0.39, 0.29) is 24.9 Å². The number of nitrogens with two attached hydrogens (primary N) is 1. The number of rotatable bonds is 11. The highest BCUT2D eigenvalue weighted by molar-refractivity contribution is 5.81. The van der Waals surface area contributed by atoms with E-state index in [9.17, 15) is 14.4 Å². The van der Waals surface area contributed by atoms with Crippen LogP contribution >= 0.6 is 0 Å². The molecule has 0 aliphatic heterocycles. The molecule has 0 aliphatic rings. The zero-order valence-electron chi connectivity index (χ0n) is 17.6. The lowest BCUT2D eigenvalue weighted by Gasteiger charge is -2.13. The minimum atomic E-state index is -0.680. The number of nitrogens with one attached hydrogen (secondary N) is 2. The molecule has 4 N–H and O–H groups in total. The zero-order chi connectivity index (χ0) is 22.5. The lowest BCUT2D eigenvalue weighted by molar-refractivity contribution is -0.139. The van der Waals surface area contributed by atoms with Gasteiger partial charge in [-0.3, -0.25) is 9.59 Å². The molecule has 0 unspecified atom stereocenters. The number of hydrogen-bond donors (Lipinski definition) is 3. The summed E-state index contributed by atoms with van der Waals surface area (Å²) in [5.41, 5.74) is 8.52. The first-order valence-electron chi connectivity index (χ1n) is 10.1. The van der Waals surface area contributed by atoms with Gasteiger partial charge in [0.05, 0.1) is 19.6 Å². The number of amides is 2. The van der Waals surface area contributed by atoms with E-state index in [2.05, 4.69) is 15.4 Å². The van der Waals surface area contributed by atoms with Crippen molar-refractivity contribution in [3.8, 4) is 0 Å². The predicted octanol–water partition coefficient (Wildman–Crippen LogP) is 2.05. The van der Waals surface area contributed by atoms with Crippen LogP contribution in [0, 0.1) is 0 Å². The number of methoxy groups -OCH3 is 1. The number of carbonyl (C=O) groups is 3. The molecule has 8 heteroatoms. The maximum atomic E-state index is 12.2. The average molecular weight is 428 g/mol. The van der Waals surface area contributed by atoms with E-state index in [1.54, 1.807) is 0 Å². The molecule has 0 bridgehead atoms. The number of esters is 1. The topological polar surface area (TPSA) is 120 Å². The van der Waals surface area contributed by atoms with Gasteiger partial charge in [0, 0.05) is 13.1 Å². The molecule has 2 aromatic rings. The Morgan fingerprint density at radius 3 is 2.42 bits per heavy atom. The summed E-state index contributed by atoms with van der Waals surface area (Å²) in [4.78, 5) is 35.3. The van der Waals surface area contributed by atoms with E-state index < -0.39 is 12.1 Å². The number of hydrogen-bond acceptors (Lipinski definition) is 6. The van der Waals surface area contributed by atoms with Crippen LogP contribution in [0.5, 0.6) is 0 Å². The number of benzene rings is 2. The first-order chi connectivity index (χ1) is 15.0. The van der Waals surface area contributed by atoms with Crippen molar-refractivity contribution < 1.29 is 23.9 Å². The van der Waals surface area contributed by atoms with Crippen molar-refractivity contribution in [2.45, 2.75) is 38.5 Å². The molecule has 8 nitrogen and oxygen atoms in total. The first-order valence-corrected chi connectivity index (χ1v) is 10.1. The Hall–Kier alpha value is -3.39. The highest BCUT2D eigenvalue weighted by Crippen LogP contribution is 2.07. The highest BCUT2D eigenvalue weighted by Gasteiger charge is 2.13. The summed E-state index contributed by atoms with van der Waals surface area (Å²) in [6.07, 6.45) is 0.642. The molecule has 31 heavy (non-hydrogen) atoms. The minimum Gasteiger partial charge on any atom is -0.469 e. The molecule has 0 aromatic heterocycles. The van der Waals surface area contributed by atoms with Crippen LogP contribution in [0.15, 0.2) is 54.6 Å². The molecule has 0 saturated heterocycles. The molecule has 2 rings (SSSR count).